The highest BCUT2D eigenvalue weighted by atomic mass is 32.2. The molecule has 0 aliphatic carbocycles. The van der Waals surface area contributed by atoms with E-state index < -0.39 is 9.84 Å². The van der Waals surface area contributed by atoms with Crippen LogP contribution in [0.5, 0.6) is 5.75 Å². The first-order valence-corrected chi connectivity index (χ1v) is 7.40. The van der Waals surface area contributed by atoms with Crippen LogP contribution < -0.4 is 5.73 Å². The third-order valence-electron chi connectivity index (χ3n) is 2.89. The van der Waals surface area contributed by atoms with Crippen molar-refractivity contribution in [3.05, 3.63) is 53.6 Å². The van der Waals surface area contributed by atoms with E-state index in [2.05, 4.69) is 0 Å². The van der Waals surface area contributed by atoms with Crippen LogP contribution in [0.25, 0.3) is 0 Å². The van der Waals surface area contributed by atoms with E-state index in [4.69, 9.17) is 5.73 Å². The van der Waals surface area contributed by atoms with E-state index in [0.717, 1.165) is 5.56 Å². The lowest BCUT2D eigenvalue weighted by atomic mass is 10.2. The van der Waals surface area contributed by atoms with Gasteiger partial charge in [-0.1, -0.05) is 12.1 Å². The van der Waals surface area contributed by atoms with Crippen molar-refractivity contribution in [1.29, 1.82) is 0 Å². The van der Waals surface area contributed by atoms with Gasteiger partial charge in [0.05, 0.1) is 10.6 Å². The highest BCUT2D eigenvalue weighted by Crippen LogP contribution is 2.21. The third-order valence-corrected chi connectivity index (χ3v) is 4.58. The van der Waals surface area contributed by atoms with Crippen LogP contribution in [0.4, 0.5) is 5.69 Å². The molecule has 0 atom stereocenters. The van der Waals surface area contributed by atoms with Crippen molar-refractivity contribution in [2.75, 3.05) is 5.73 Å². The number of hydrogen-bond acceptors (Lipinski definition) is 4. The van der Waals surface area contributed by atoms with Crippen LogP contribution in [0.2, 0.25) is 0 Å². The van der Waals surface area contributed by atoms with Crippen molar-refractivity contribution >= 4 is 15.5 Å². The van der Waals surface area contributed by atoms with E-state index in [1.165, 1.54) is 18.2 Å². The first-order valence-electron chi connectivity index (χ1n) is 5.75. The minimum atomic E-state index is -3.40. The number of hydrogen-bond donors (Lipinski definition) is 2. The Morgan fingerprint density at radius 2 is 1.74 bits per heavy atom. The highest BCUT2D eigenvalue weighted by molar-refractivity contribution is 7.90. The van der Waals surface area contributed by atoms with Crippen LogP contribution in [0, 0.1) is 6.92 Å². The zero-order valence-corrected chi connectivity index (χ0v) is 11.3. The molecule has 0 saturated carbocycles. The number of aromatic hydroxyl groups is 1. The second-order valence-corrected chi connectivity index (χ2v) is 6.43. The standard InChI is InChI=1S/C14H15NO3S/c1-10-8-13(6-7-14(10)15)19(17,18)9-11-2-4-12(16)5-3-11/h2-8,16H,9,15H2,1H3. The Bertz CT molecular complexity index is 691. The molecule has 2 rings (SSSR count). The van der Waals surface area contributed by atoms with Crippen molar-refractivity contribution in [2.24, 2.45) is 0 Å². The van der Waals surface area contributed by atoms with Gasteiger partial charge < -0.3 is 10.8 Å². The largest absolute Gasteiger partial charge is 0.508 e. The molecule has 0 aliphatic rings. The Morgan fingerprint density at radius 1 is 1.11 bits per heavy atom. The van der Waals surface area contributed by atoms with Gasteiger partial charge in [0.25, 0.3) is 0 Å². The quantitative estimate of drug-likeness (QED) is 0.843. The van der Waals surface area contributed by atoms with Gasteiger partial charge in [0, 0.05) is 5.69 Å². The van der Waals surface area contributed by atoms with Crippen molar-refractivity contribution < 1.29 is 13.5 Å². The summed E-state index contributed by atoms with van der Waals surface area (Å²) in [5.74, 6) is 0.0147. The molecule has 5 heteroatoms. The first kappa shape index (κ1) is 13.4. The molecule has 0 unspecified atom stereocenters. The summed E-state index contributed by atoms with van der Waals surface area (Å²) in [6.07, 6.45) is 0. The summed E-state index contributed by atoms with van der Waals surface area (Å²) < 4.78 is 24.5. The Morgan fingerprint density at radius 3 is 2.32 bits per heavy atom. The van der Waals surface area contributed by atoms with Gasteiger partial charge >= 0.3 is 0 Å². The van der Waals surface area contributed by atoms with Crippen LogP contribution in [0.3, 0.4) is 0 Å². The summed E-state index contributed by atoms with van der Waals surface area (Å²) >= 11 is 0. The Hall–Kier alpha value is -2.01. The van der Waals surface area contributed by atoms with Gasteiger partial charge in [-0.15, -0.1) is 0 Å². The molecule has 0 aliphatic heterocycles. The molecule has 0 amide bonds. The molecule has 0 aromatic heterocycles. The second-order valence-electron chi connectivity index (χ2n) is 4.44. The van der Waals surface area contributed by atoms with Gasteiger partial charge in [-0.25, -0.2) is 8.42 Å². The molecule has 0 heterocycles. The number of phenols is 1. The number of nitrogens with two attached hydrogens (primary N) is 1. The molecule has 4 nitrogen and oxygen atoms in total. The van der Waals surface area contributed by atoms with Crippen LogP contribution in [-0.2, 0) is 15.6 Å². The lowest BCUT2D eigenvalue weighted by molar-refractivity contribution is 0.475. The predicted octanol–water partition coefficient (Wildman–Crippen LogP) is 2.26. The second kappa shape index (κ2) is 4.93. The van der Waals surface area contributed by atoms with E-state index in [1.54, 1.807) is 31.2 Å². The Labute approximate surface area is 112 Å². The molecule has 0 saturated heterocycles. The highest BCUT2D eigenvalue weighted by Gasteiger charge is 2.16. The molecule has 100 valence electrons. The molecular weight excluding hydrogens is 262 g/mol. The molecule has 0 spiro atoms. The average molecular weight is 277 g/mol. The van der Waals surface area contributed by atoms with Gasteiger partial charge in [0.15, 0.2) is 9.84 Å². The van der Waals surface area contributed by atoms with Gasteiger partial charge in [0.1, 0.15) is 5.75 Å². The molecule has 2 aromatic rings. The first-order chi connectivity index (χ1) is 8.88. The Balaban J connectivity index is 2.32. The summed E-state index contributed by atoms with van der Waals surface area (Å²) in [5.41, 5.74) is 7.63. The van der Waals surface area contributed by atoms with Gasteiger partial charge in [0.2, 0.25) is 0 Å². The Kier molecular flexibility index (Phi) is 3.48. The summed E-state index contributed by atoms with van der Waals surface area (Å²) in [6, 6.07) is 10.8. The number of nitrogen functional groups attached to an aromatic ring is 1. The summed E-state index contributed by atoms with van der Waals surface area (Å²) in [7, 11) is -3.40. The average Bonchev–Trinajstić information content (AvgIpc) is 2.35. The van der Waals surface area contributed by atoms with E-state index in [9.17, 15) is 13.5 Å². The fourth-order valence-electron chi connectivity index (χ4n) is 1.74. The van der Waals surface area contributed by atoms with E-state index >= 15 is 0 Å². The van der Waals surface area contributed by atoms with Gasteiger partial charge in [-0.3, -0.25) is 0 Å². The summed E-state index contributed by atoms with van der Waals surface area (Å²) in [5, 5.41) is 9.18. The van der Waals surface area contributed by atoms with Crippen molar-refractivity contribution in [3.8, 4) is 5.75 Å². The molecule has 3 N–H and O–H groups in total. The summed E-state index contributed by atoms with van der Waals surface area (Å²) in [6.45, 7) is 1.77. The third kappa shape index (κ3) is 3.06. The minimum absolute atomic E-state index is 0.101. The lowest BCUT2D eigenvalue weighted by Gasteiger charge is -2.07. The van der Waals surface area contributed by atoms with Crippen LogP contribution in [0.1, 0.15) is 11.1 Å². The molecule has 19 heavy (non-hydrogen) atoms. The minimum Gasteiger partial charge on any atom is -0.508 e. The number of benzene rings is 2. The van der Waals surface area contributed by atoms with E-state index in [-0.39, 0.29) is 16.4 Å². The number of rotatable bonds is 3. The fourth-order valence-corrected chi connectivity index (χ4v) is 3.17. The maximum Gasteiger partial charge on any atom is 0.182 e. The zero-order valence-electron chi connectivity index (χ0n) is 10.5. The normalized spacial score (nSPS) is 11.4. The SMILES string of the molecule is Cc1cc(S(=O)(=O)Cc2ccc(O)cc2)ccc1N. The van der Waals surface area contributed by atoms with Crippen molar-refractivity contribution in [2.45, 2.75) is 17.6 Å². The topological polar surface area (TPSA) is 80.4 Å². The van der Waals surface area contributed by atoms with Gasteiger partial charge in [-0.05, 0) is 48.4 Å². The summed E-state index contributed by atoms with van der Waals surface area (Å²) in [4.78, 5) is 0.257. The molecule has 0 bridgehead atoms. The van der Waals surface area contributed by atoms with E-state index in [1.807, 2.05) is 0 Å². The number of aryl methyl sites for hydroxylation is 1. The molecule has 2 aromatic carbocycles. The number of phenolic OH excluding ortho intramolecular Hbond substituents is 1. The van der Waals surface area contributed by atoms with Crippen molar-refractivity contribution in [3.63, 3.8) is 0 Å². The fraction of sp³-hybridized carbons (Fsp3) is 0.143. The molecule has 0 fully saturated rings. The smallest absolute Gasteiger partial charge is 0.182 e. The van der Waals surface area contributed by atoms with Crippen molar-refractivity contribution in [1.82, 2.24) is 0 Å². The number of anilines is 1. The molecular formula is C14H15NO3S. The predicted molar refractivity (Wildman–Crippen MR) is 74.6 cm³/mol. The maximum atomic E-state index is 12.2. The maximum absolute atomic E-state index is 12.2. The monoisotopic (exact) mass is 277 g/mol. The lowest BCUT2D eigenvalue weighted by Crippen LogP contribution is -2.05. The van der Waals surface area contributed by atoms with Crippen LogP contribution >= 0.6 is 0 Å². The zero-order chi connectivity index (χ0) is 14.0. The number of sulfone groups is 1. The van der Waals surface area contributed by atoms with Gasteiger partial charge in [-0.2, -0.15) is 0 Å². The van der Waals surface area contributed by atoms with Crippen LogP contribution in [-0.4, -0.2) is 13.5 Å². The van der Waals surface area contributed by atoms with Crippen LogP contribution in [0.15, 0.2) is 47.4 Å². The molecule has 0 radical (unpaired) electrons. The van der Waals surface area contributed by atoms with E-state index in [0.29, 0.717) is 11.3 Å².